The number of hydrogen-bond donors (Lipinski definition) is 1. The molecule has 1 atom stereocenters. The number of rotatable bonds is 6. The Morgan fingerprint density at radius 3 is 2.33 bits per heavy atom. The molecular formula is C23H29N5OS. The molecule has 0 bridgehead atoms. The maximum Gasteiger partial charge on any atom is 0.235 e. The second kappa shape index (κ2) is 8.92. The summed E-state index contributed by atoms with van der Waals surface area (Å²) < 4.78 is 1.46. The molecule has 30 heavy (non-hydrogen) atoms. The molecule has 2 N–H and O–H groups in total. The Kier molecular flexibility index (Phi) is 6.51. The van der Waals surface area contributed by atoms with E-state index in [1.165, 1.54) is 22.0 Å². The second-order valence-electron chi connectivity index (χ2n) is 8.44. The van der Waals surface area contributed by atoms with Gasteiger partial charge >= 0.3 is 0 Å². The Labute approximate surface area is 182 Å². The van der Waals surface area contributed by atoms with Gasteiger partial charge < -0.3 is 10.7 Å². The minimum atomic E-state index is -0.332. The molecule has 1 amide bonds. The number of nitrogens with two attached hydrogens (primary N) is 1. The highest BCUT2D eigenvalue weighted by molar-refractivity contribution is 8.00. The SMILES string of the molecule is C[C@@H](Sc1nnc(-c2ccc(C(C)(C)C)cc2)n1N)C(=O)N(C)Cc1ccccc1. The lowest BCUT2D eigenvalue weighted by atomic mass is 9.87. The fourth-order valence-electron chi connectivity index (χ4n) is 3.13. The van der Waals surface area contributed by atoms with Crippen LogP contribution in [-0.4, -0.2) is 38.0 Å². The first-order valence-electron chi connectivity index (χ1n) is 9.94. The third kappa shape index (κ3) is 5.02. The molecule has 158 valence electrons. The van der Waals surface area contributed by atoms with E-state index in [1.54, 1.807) is 4.90 Å². The van der Waals surface area contributed by atoms with Crippen molar-refractivity contribution in [3.05, 3.63) is 65.7 Å². The molecule has 6 nitrogen and oxygen atoms in total. The predicted octanol–water partition coefficient (Wildman–Crippen LogP) is 4.10. The zero-order chi connectivity index (χ0) is 21.9. The summed E-state index contributed by atoms with van der Waals surface area (Å²) in [7, 11) is 1.81. The summed E-state index contributed by atoms with van der Waals surface area (Å²) in [6.45, 7) is 8.95. The van der Waals surface area contributed by atoms with Gasteiger partial charge in [0.15, 0.2) is 5.82 Å². The predicted molar refractivity (Wildman–Crippen MR) is 123 cm³/mol. The van der Waals surface area contributed by atoms with Crippen molar-refractivity contribution in [1.82, 2.24) is 19.8 Å². The molecule has 1 heterocycles. The van der Waals surface area contributed by atoms with Gasteiger partial charge in [0.05, 0.1) is 5.25 Å². The number of carbonyl (C=O) groups excluding carboxylic acids is 1. The fraction of sp³-hybridized carbons (Fsp3) is 0.348. The van der Waals surface area contributed by atoms with Crippen LogP contribution in [0.25, 0.3) is 11.4 Å². The lowest BCUT2D eigenvalue weighted by Gasteiger charge is -2.21. The van der Waals surface area contributed by atoms with Gasteiger partial charge in [0, 0.05) is 19.2 Å². The van der Waals surface area contributed by atoms with Crippen molar-refractivity contribution in [2.75, 3.05) is 12.9 Å². The van der Waals surface area contributed by atoms with Gasteiger partial charge in [-0.1, -0.05) is 87.1 Å². The van der Waals surface area contributed by atoms with Crippen LogP contribution < -0.4 is 5.84 Å². The summed E-state index contributed by atoms with van der Waals surface area (Å²) in [4.78, 5) is 14.5. The Bertz CT molecular complexity index is 993. The number of nitrogen functional groups attached to an aromatic ring is 1. The Morgan fingerprint density at radius 1 is 1.10 bits per heavy atom. The quantitative estimate of drug-likeness (QED) is 0.477. The molecule has 0 spiro atoms. The van der Waals surface area contributed by atoms with Gasteiger partial charge in [-0.2, -0.15) is 0 Å². The number of amides is 1. The summed E-state index contributed by atoms with van der Waals surface area (Å²) in [6.07, 6.45) is 0. The van der Waals surface area contributed by atoms with E-state index in [2.05, 4.69) is 43.1 Å². The van der Waals surface area contributed by atoms with Crippen molar-refractivity contribution >= 4 is 17.7 Å². The van der Waals surface area contributed by atoms with Crippen molar-refractivity contribution in [3.8, 4) is 11.4 Å². The van der Waals surface area contributed by atoms with Crippen LogP contribution in [0.4, 0.5) is 0 Å². The molecule has 0 radical (unpaired) electrons. The Balaban J connectivity index is 1.69. The van der Waals surface area contributed by atoms with Crippen LogP contribution in [0.1, 0.15) is 38.8 Å². The molecule has 0 aliphatic heterocycles. The summed E-state index contributed by atoms with van der Waals surface area (Å²) in [5.74, 6) is 6.85. The molecule has 2 aromatic carbocycles. The second-order valence-corrected chi connectivity index (χ2v) is 9.75. The van der Waals surface area contributed by atoms with Gasteiger partial charge in [-0.25, -0.2) is 4.68 Å². The van der Waals surface area contributed by atoms with Gasteiger partial charge in [-0.05, 0) is 23.5 Å². The molecule has 0 unspecified atom stereocenters. The van der Waals surface area contributed by atoms with Gasteiger partial charge in [-0.3, -0.25) is 4.79 Å². The van der Waals surface area contributed by atoms with E-state index in [1.807, 2.05) is 56.4 Å². The molecule has 3 rings (SSSR count). The maximum absolute atomic E-state index is 12.8. The monoisotopic (exact) mass is 423 g/mol. The van der Waals surface area contributed by atoms with E-state index in [0.29, 0.717) is 17.5 Å². The van der Waals surface area contributed by atoms with Crippen molar-refractivity contribution in [2.45, 2.75) is 50.1 Å². The van der Waals surface area contributed by atoms with E-state index >= 15 is 0 Å². The number of thioether (sulfide) groups is 1. The summed E-state index contributed by atoms with van der Waals surface area (Å²) in [5.41, 5.74) is 3.31. The summed E-state index contributed by atoms with van der Waals surface area (Å²) in [6, 6.07) is 18.1. The minimum Gasteiger partial charge on any atom is -0.340 e. The van der Waals surface area contributed by atoms with Crippen LogP contribution in [0.5, 0.6) is 0 Å². The topological polar surface area (TPSA) is 77.0 Å². The maximum atomic E-state index is 12.8. The smallest absolute Gasteiger partial charge is 0.235 e. The van der Waals surface area contributed by atoms with Crippen molar-refractivity contribution in [1.29, 1.82) is 0 Å². The fourth-order valence-corrected chi connectivity index (χ4v) is 4.01. The molecule has 0 aliphatic carbocycles. The number of hydrogen-bond acceptors (Lipinski definition) is 5. The first kappa shape index (κ1) is 21.9. The van der Waals surface area contributed by atoms with E-state index in [0.717, 1.165) is 11.1 Å². The van der Waals surface area contributed by atoms with Gasteiger partial charge in [0.2, 0.25) is 11.1 Å². The highest BCUT2D eigenvalue weighted by Gasteiger charge is 2.23. The molecule has 0 fully saturated rings. The molecule has 0 aliphatic rings. The number of carbonyl (C=O) groups is 1. The molecular weight excluding hydrogens is 394 g/mol. The minimum absolute atomic E-state index is 0.0166. The zero-order valence-electron chi connectivity index (χ0n) is 18.2. The average molecular weight is 424 g/mol. The van der Waals surface area contributed by atoms with E-state index in [4.69, 9.17) is 5.84 Å². The van der Waals surface area contributed by atoms with Crippen LogP contribution in [-0.2, 0) is 16.8 Å². The van der Waals surface area contributed by atoms with Crippen LogP contribution in [0, 0.1) is 0 Å². The normalized spacial score (nSPS) is 12.6. The number of benzene rings is 2. The van der Waals surface area contributed by atoms with E-state index < -0.39 is 0 Å². The van der Waals surface area contributed by atoms with Gasteiger partial charge in [0.25, 0.3) is 0 Å². The Hall–Kier alpha value is -2.80. The number of aromatic nitrogens is 3. The van der Waals surface area contributed by atoms with Crippen LogP contribution >= 0.6 is 11.8 Å². The molecule has 1 aromatic heterocycles. The zero-order valence-corrected chi connectivity index (χ0v) is 19.0. The molecule has 3 aromatic rings. The summed E-state index contributed by atoms with van der Waals surface area (Å²) >= 11 is 1.31. The van der Waals surface area contributed by atoms with E-state index in [9.17, 15) is 4.79 Å². The third-order valence-electron chi connectivity index (χ3n) is 4.94. The molecule has 7 heteroatoms. The highest BCUT2D eigenvalue weighted by atomic mass is 32.2. The Morgan fingerprint density at radius 2 is 1.73 bits per heavy atom. The van der Waals surface area contributed by atoms with Crippen LogP contribution in [0.3, 0.4) is 0 Å². The first-order valence-corrected chi connectivity index (χ1v) is 10.8. The molecule has 0 saturated heterocycles. The van der Waals surface area contributed by atoms with Crippen molar-refractivity contribution < 1.29 is 4.79 Å². The van der Waals surface area contributed by atoms with Crippen molar-refractivity contribution in [2.24, 2.45) is 0 Å². The third-order valence-corrected chi connectivity index (χ3v) is 5.99. The van der Waals surface area contributed by atoms with Gasteiger partial charge in [0.1, 0.15) is 0 Å². The highest BCUT2D eigenvalue weighted by Crippen LogP contribution is 2.28. The van der Waals surface area contributed by atoms with E-state index in [-0.39, 0.29) is 16.6 Å². The van der Waals surface area contributed by atoms with Crippen LogP contribution in [0.15, 0.2) is 59.8 Å². The first-order chi connectivity index (χ1) is 14.2. The van der Waals surface area contributed by atoms with Crippen molar-refractivity contribution in [3.63, 3.8) is 0 Å². The summed E-state index contributed by atoms with van der Waals surface area (Å²) in [5, 5.41) is 8.63. The lowest BCUT2D eigenvalue weighted by Crippen LogP contribution is -2.33. The number of nitrogens with zero attached hydrogens (tertiary/aromatic N) is 4. The molecule has 0 saturated carbocycles. The standard InChI is InChI=1S/C23H29N5OS/c1-16(21(29)27(5)15-17-9-7-6-8-10-17)30-22-26-25-20(28(22)24)18-11-13-19(14-12-18)23(2,3)4/h6-14,16H,15,24H2,1-5H3/t16-/m1/s1. The largest absolute Gasteiger partial charge is 0.340 e. The average Bonchev–Trinajstić information content (AvgIpc) is 3.07. The lowest BCUT2D eigenvalue weighted by molar-refractivity contribution is -0.129. The van der Waals surface area contributed by atoms with Gasteiger partial charge in [-0.15, -0.1) is 10.2 Å². The van der Waals surface area contributed by atoms with Crippen LogP contribution in [0.2, 0.25) is 0 Å².